The Labute approximate surface area is 119 Å². The highest BCUT2D eigenvalue weighted by molar-refractivity contribution is 5.98. The zero-order valence-electron chi connectivity index (χ0n) is 12.3. The summed E-state index contributed by atoms with van der Waals surface area (Å²) in [6.45, 7) is 4.57. The van der Waals surface area contributed by atoms with Gasteiger partial charge in [-0.25, -0.2) is 0 Å². The lowest BCUT2D eigenvalue weighted by Gasteiger charge is -2.19. The van der Waals surface area contributed by atoms with Gasteiger partial charge in [0.25, 0.3) is 5.91 Å². The number of carbonyl (C=O) groups excluding carboxylic acids is 2. The van der Waals surface area contributed by atoms with E-state index in [1.807, 2.05) is 13.8 Å². The van der Waals surface area contributed by atoms with E-state index in [1.165, 1.54) is 0 Å². The quantitative estimate of drug-likeness (QED) is 0.817. The molecule has 0 saturated carbocycles. The third-order valence-electron chi connectivity index (χ3n) is 3.07. The van der Waals surface area contributed by atoms with Crippen LogP contribution in [0.5, 0.6) is 0 Å². The van der Waals surface area contributed by atoms with E-state index < -0.39 is 5.91 Å². The summed E-state index contributed by atoms with van der Waals surface area (Å²) >= 11 is 0. The molecule has 0 saturated heterocycles. The van der Waals surface area contributed by atoms with Crippen LogP contribution >= 0.6 is 0 Å². The van der Waals surface area contributed by atoms with E-state index in [0.29, 0.717) is 24.1 Å². The number of hydrogen-bond acceptors (Lipinski definition) is 3. The van der Waals surface area contributed by atoms with Crippen LogP contribution in [0.15, 0.2) is 18.2 Å². The summed E-state index contributed by atoms with van der Waals surface area (Å²) < 4.78 is 0. The van der Waals surface area contributed by atoms with Crippen LogP contribution in [-0.2, 0) is 6.42 Å². The van der Waals surface area contributed by atoms with E-state index in [4.69, 9.17) is 11.5 Å². The first-order valence-corrected chi connectivity index (χ1v) is 6.80. The fourth-order valence-corrected chi connectivity index (χ4v) is 2.11. The van der Waals surface area contributed by atoms with Crippen molar-refractivity contribution < 1.29 is 9.59 Å². The zero-order chi connectivity index (χ0) is 15.3. The lowest BCUT2D eigenvalue weighted by Crippen LogP contribution is -2.29. The molecule has 1 rings (SSSR count). The number of nitrogens with two attached hydrogens (primary N) is 2. The predicted molar refractivity (Wildman–Crippen MR) is 79.6 cm³/mol. The van der Waals surface area contributed by atoms with Crippen LogP contribution in [-0.4, -0.2) is 36.3 Å². The number of benzene rings is 1. The van der Waals surface area contributed by atoms with Gasteiger partial charge in [-0.05, 0) is 43.5 Å². The summed E-state index contributed by atoms with van der Waals surface area (Å²) in [6, 6.07) is 4.81. The molecule has 0 aliphatic carbocycles. The summed E-state index contributed by atoms with van der Waals surface area (Å²) in [5.74, 6) is -0.560. The lowest BCUT2D eigenvalue weighted by atomic mass is 9.97. The molecule has 0 fully saturated rings. The van der Waals surface area contributed by atoms with E-state index in [0.717, 1.165) is 12.0 Å². The number of nitrogens with zero attached hydrogens (tertiary/aromatic N) is 1. The van der Waals surface area contributed by atoms with Crippen molar-refractivity contribution in [3.63, 3.8) is 0 Å². The zero-order valence-corrected chi connectivity index (χ0v) is 12.3. The van der Waals surface area contributed by atoms with Gasteiger partial charge < -0.3 is 16.4 Å². The Morgan fingerprint density at radius 2 is 2.00 bits per heavy atom. The first kappa shape index (κ1) is 16.2. The molecule has 0 heterocycles. The first-order valence-electron chi connectivity index (χ1n) is 6.80. The van der Waals surface area contributed by atoms with Crippen LogP contribution in [0.4, 0.5) is 0 Å². The first-order chi connectivity index (χ1) is 9.36. The van der Waals surface area contributed by atoms with Gasteiger partial charge >= 0.3 is 0 Å². The maximum absolute atomic E-state index is 12.4. The van der Waals surface area contributed by atoms with Crippen molar-refractivity contribution in [2.45, 2.75) is 32.7 Å². The van der Waals surface area contributed by atoms with E-state index in [1.54, 1.807) is 30.1 Å². The van der Waals surface area contributed by atoms with Gasteiger partial charge in [0.2, 0.25) is 5.91 Å². The third-order valence-corrected chi connectivity index (χ3v) is 3.07. The SMILES string of the molecule is CCCN(C)C(=O)c1ccc(C(N)=O)cc1CC(C)N. The molecule has 4 N–H and O–H groups in total. The fraction of sp³-hybridized carbons (Fsp3) is 0.467. The summed E-state index contributed by atoms with van der Waals surface area (Å²) in [6.07, 6.45) is 1.42. The Bertz CT molecular complexity index is 498. The topological polar surface area (TPSA) is 89.4 Å². The second kappa shape index (κ2) is 7.05. The van der Waals surface area contributed by atoms with E-state index in [-0.39, 0.29) is 11.9 Å². The number of hydrogen-bond donors (Lipinski definition) is 2. The second-order valence-corrected chi connectivity index (χ2v) is 5.14. The number of primary amides is 1. The molecule has 2 amide bonds. The lowest BCUT2D eigenvalue weighted by molar-refractivity contribution is 0.0793. The maximum Gasteiger partial charge on any atom is 0.253 e. The Kier molecular flexibility index (Phi) is 5.70. The standard InChI is InChI=1S/C15H23N3O2/c1-4-7-18(3)15(20)13-6-5-11(14(17)19)9-12(13)8-10(2)16/h5-6,9-10H,4,7-8,16H2,1-3H3,(H2,17,19). The minimum atomic E-state index is -0.503. The molecule has 0 aromatic heterocycles. The van der Waals surface area contributed by atoms with E-state index in [2.05, 4.69) is 0 Å². The predicted octanol–water partition coefficient (Wildman–Crippen LogP) is 1.16. The smallest absolute Gasteiger partial charge is 0.253 e. The average Bonchev–Trinajstić information content (AvgIpc) is 2.37. The summed E-state index contributed by atoms with van der Waals surface area (Å²) in [5, 5.41) is 0. The molecule has 1 aromatic rings. The molecule has 0 radical (unpaired) electrons. The Balaban J connectivity index is 3.17. The molecule has 20 heavy (non-hydrogen) atoms. The van der Waals surface area contributed by atoms with Gasteiger partial charge in [-0.3, -0.25) is 9.59 Å². The van der Waals surface area contributed by atoms with Gasteiger partial charge in [-0.15, -0.1) is 0 Å². The fourth-order valence-electron chi connectivity index (χ4n) is 2.11. The van der Waals surface area contributed by atoms with Crippen LogP contribution in [0.25, 0.3) is 0 Å². The molecular weight excluding hydrogens is 254 g/mol. The average molecular weight is 277 g/mol. The van der Waals surface area contributed by atoms with Crippen molar-refractivity contribution in [3.8, 4) is 0 Å². The molecule has 1 atom stereocenters. The van der Waals surface area contributed by atoms with Crippen molar-refractivity contribution in [3.05, 3.63) is 34.9 Å². The molecule has 0 aliphatic heterocycles. The van der Waals surface area contributed by atoms with Crippen LogP contribution in [0.3, 0.4) is 0 Å². The number of rotatable bonds is 6. The molecule has 110 valence electrons. The van der Waals surface area contributed by atoms with Gasteiger partial charge in [0.05, 0.1) is 0 Å². The van der Waals surface area contributed by atoms with Crippen molar-refractivity contribution in [1.82, 2.24) is 4.90 Å². The van der Waals surface area contributed by atoms with Crippen molar-refractivity contribution in [2.24, 2.45) is 11.5 Å². The van der Waals surface area contributed by atoms with Crippen molar-refractivity contribution in [2.75, 3.05) is 13.6 Å². The molecule has 0 aliphatic rings. The number of carbonyl (C=O) groups is 2. The van der Waals surface area contributed by atoms with Crippen LogP contribution in [0.2, 0.25) is 0 Å². The van der Waals surface area contributed by atoms with Crippen molar-refractivity contribution in [1.29, 1.82) is 0 Å². The summed E-state index contributed by atoms with van der Waals surface area (Å²) in [5.41, 5.74) is 12.8. The van der Waals surface area contributed by atoms with Gasteiger partial charge in [0.1, 0.15) is 0 Å². The van der Waals surface area contributed by atoms with Crippen LogP contribution in [0.1, 0.15) is 46.5 Å². The minimum Gasteiger partial charge on any atom is -0.366 e. The third kappa shape index (κ3) is 4.06. The molecule has 1 aromatic carbocycles. The van der Waals surface area contributed by atoms with E-state index in [9.17, 15) is 9.59 Å². The maximum atomic E-state index is 12.4. The molecule has 0 spiro atoms. The summed E-state index contributed by atoms with van der Waals surface area (Å²) in [4.78, 5) is 25.3. The largest absolute Gasteiger partial charge is 0.366 e. The van der Waals surface area contributed by atoms with Gasteiger partial charge in [0, 0.05) is 30.8 Å². The second-order valence-electron chi connectivity index (χ2n) is 5.14. The Hall–Kier alpha value is -1.88. The van der Waals surface area contributed by atoms with Gasteiger partial charge in [0.15, 0.2) is 0 Å². The van der Waals surface area contributed by atoms with Gasteiger partial charge in [-0.1, -0.05) is 6.92 Å². The van der Waals surface area contributed by atoms with Gasteiger partial charge in [-0.2, -0.15) is 0 Å². The Morgan fingerprint density at radius 1 is 1.35 bits per heavy atom. The minimum absolute atomic E-state index is 0.0569. The van der Waals surface area contributed by atoms with E-state index >= 15 is 0 Å². The molecule has 1 unspecified atom stereocenters. The highest BCUT2D eigenvalue weighted by Crippen LogP contribution is 2.16. The van der Waals surface area contributed by atoms with Crippen LogP contribution < -0.4 is 11.5 Å². The monoisotopic (exact) mass is 277 g/mol. The highest BCUT2D eigenvalue weighted by Gasteiger charge is 2.17. The van der Waals surface area contributed by atoms with Crippen LogP contribution in [0, 0.1) is 0 Å². The molecule has 5 nitrogen and oxygen atoms in total. The summed E-state index contributed by atoms with van der Waals surface area (Å²) in [7, 11) is 1.77. The Morgan fingerprint density at radius 3 is 2.50 bits per heavy atom. The number of amides is 2. The van der Waals surface area contributed by atoms with Crippen molar-refractivity contribution >= 4 is 11.8 Å². The molecule has 5 heteroatoms. The molecule has 0 bridgehead atoms. The normalized spacial score (nSPS) is 12.0. The molecular formula is C15H23N3O2. The highest BCUT2D eigenvalue weighted by atomic mass is 16.2.